The first kappa shape index (κ1) is 36.7. The summed E-state index contributed by atoms with van der Waals surface area (Å²) >= 11 is 0. The van der Waals surface area contributed by atoms with Gasteiger partial charge in [-0.25, -0.2) is 9.97 Å². The monoisotopic (exact) mass is 742 g/mol. The number of aromatic nitrogens is 4. The molecule has 266 valence electrons. The predicted molar refractivity (Wildman–Crippen MR) is 159 cm³/mol. The van der Waals surface area contributed by atoms with E-state index in [-0.39, 0.29) is 11.0 Å². The number of hydrogen-bond donors (Lipinski definition) is 2. The maximum Gasteiger partial charge on any atom is 0.460 e. The fraction of sp³-hybridized carbons (Fsp3) is 0.290. The van der Waals surface area contributed by atoms with E-state index < -0.39 is 94.6 Å². The summed E-state index contributed by atoms with van der Waals surface area (Å²) in [6, 6.07) is 4.14. The maximum atomic E-state index is 15.5. The van der Waals surface area contributed by atoms with Gasteiger partial charge in [-0.2, -0.15) is 61.5 Å². The Labute approximate surface area is 273 Å². The SMILES string of the molecule is C[Si](C)(C)C#Cc1c2nc(c(C(F)(F)C(F)(F)C(F)(F)F)c3ccc(cc4ccc([nH]4)c(C(F)(F)C(F)(F)C(F)(F)F)c4nc1C=C4)[nH]3)C=C2. The lowest BCUT2D eigenvalue weighted by Crippen LogP contribution is -2.50. The van der Waals surface area contributed by atoms with Gasteiger partial charge in [0.05, 0.1) is 50.5 Å². The highest BCUT2D eigenvalue weighted by molar-refractivity contribution is 6.83. The highest BCUT2D eigenvalue weighted by Crippen LogP contribution is 2.55. The van der Waals surface area contributed by atoms with Crippen LogP contribution in [0.15, 0.2) is 30.3 Å². The largest absolute Gasteiger partial charge is 0.460 e. The summed E-state index contributed by atoms with van der Waals surface area (Å²) in [6.07, 6.45) is -10.4. The van der Waals surface area contributed by atoms with E-state index >= 15 is 17.6 Å². The van der Waals surface area contributed by atoms with E-state index in [9.17, 15) is 43.9 Å². The number of nitrogens with zero attached hydrogens (tertiary/aromatic N) is 2. The van der Waals surface area contributed by atoms with Crippen LogP contribution < -0.4 is 0 Å². The van der Waals surface area contributed by atoms with Gasteiger partial charge in [0.1, 0.15) is 8.07 Å². The number of alkyl halides is 14. The minimum Gasteiger partial charge on any atom is -0.355 e. The number of aromatic amines is 2. The zero-order chi connectivity index (χ0) is 37.5. The van der Waals surface area contributed by atoms with Crippen LogP contribution in [0.5, 0.6) is 0 Å². The molecule has 0 saturated heterocycles. The van der Waals surface area contributed by atoms with Crippen LogP contribution in [0.25, 0.3) is 46.4 Å². The van der Waals surface area contributed by atoms with E-state index in [1.54, 1.807) is 19.6 Å². The summed E-state index contributed by atoms with van der Waals surface area (Å²) in [7, 11) is -2.40. The average Bonchev–Trinajstić information content (AvgIpc) is 3.77. The lowest BCUT2D eigenvalue weighted by atomic mass is 10.00. The van der Waals surface area contributed by atoms with Crippen LogP contribution in [-0.2, 0) is 11.8 Å². The normalized spacial score (nSPS) is 14.6. The van der Waals surface area contributed by atoms with E-state index in [4.69, 9.17) is 0 Å². The summed E-state index contributed by atoms with van der Waals surface area (Å²) in [5.41, 5.74) is -7.19. The number of hydrogen-bond acceptors (Lipinski definition) is 2. The molecule has 0 unspecified atom stereocenters. The van der Waals surface area contributed by atoms with Crippen LogP contribution in [-0.4, -0.2) is 52.2 Å². The molecule has 0 spiro atoms. The molecule has 8 bridgehead atoms. The van der Waals surface area contributed by atoms with E-state index in [1.165, 1.54) is 0 Å². The molecule has 2 aliphatic rings. The van der Waals surface area contributed by atoms with Crippen LogP contribution in [0.1, 0.15) is 39.5 Å². The molecule has 0 aromatic carbocycles. The van der Waals surface area contributed by atoms with Crippen molar-refractivity contribution in [3.8, 4) is 11.5 Å². The van der Waals surface area contributed by atoms with Gasteiger partial charge in [0.15, 0.2) is 0 Å². The first-order valence-electron chi connectivity index (χ1n) is 14.0. The predicted octanol–water partition coefficient (Wildman–Crippen LogP) is 10.5. The molecule has 4 nitrogen and oxygen atoms in total. The van der Waals surface area contributed by atoms with Gasteiger partial charge in [-0.1, -0.05) is 25.6 Å². The van der Waals surface area contributed by atoms with Crippen LogP contribution in [0.2, 0.25) is 19.6 Å². The molecule has 2 aliphatic heterocycles. The molecular weight excluding hydrogens is 722 g/mol. The van der Waals surface area contributed by atoms with Crippen molar-refractivity contribution in [2.24, 2.45) is 0 Å². The number of rotatable bonds is 4. The van der Waals surface area contributed by atoms with Crippen LogP contribution >= 0.6 is 0 Å². The Bertz CT molecular complexity index is 2020. The number of halogens is 14. The zero-order valence-electron chi connectivity index (χ0n) is 25.4. The molecule has 50 heavy (non-hydrogen) atoms. The summed E-state index contributed by atoms with van der Waals surface area (Å²) < 4.78 is 200. The summed E-state index contributed by atoms with van der Waals surface area (Å²) in [4.78, 5) is 12.1. The zero-order valence-corrected chi connectivity index (χ0v) is 26.4. The summed E-state index contributed by atoms with van der Waals surface area (Å²) in [5.74, 6) is -22.5. The third-order valence-electron chi connectivity index (χ3n) is 7.26. The van der Waals surface area contributed by atoms with Crippen molar-refractivity contribution >= 4 is 54.4 Å². The van der Waals surface area contributed by atoms with Crippen LogP contribution in [0.3, 0.4) is 0 Å². The van der Waals surface area contributed by atoms with Crippen LogP contribution in [0.4, 0.5) is 61.5 Å². The van der Waals surface area contributed by atoms with Crippen molar-refractivity contribution in [1.29, 1.82) is 0 Å². The molecular formula is C31H20F14N4Si. The lowest BCUT2D eigenvalue weighted by Gasteiger charge is -2.28. The third-order valence-corrected chi connectivity index (χ3v) is 8.14. The van der Waals surface area contributed by atoms with Crippen LogP contribution in [0, 0.1) is 11.5 Å². The number of nitrogens with one attached hydrogen (secondary N) is 2. The molecule has 5 heterocycles. The molecule has 5 rings (SSSR count). The van der Waals surface area contributed by atoms with Crippen molar-refractivity contribution < 1.29 is 61.5 Å². The van der Waals surface area contributed by atoms with Crippen molar-refractivity contribution in [2.45, 2.75) is 55.7 Å². The number of H-pyrrole nitrogens is 2. The molecule has 3 aromatic rings. The fourth-order valence-electron chi connectivity index (χ4n) is 4.85. The molecule has 0 aliphatic carbocycles. The lowest BCUT2D eigenvalue weighted by molar-refractivity contribution is -0.359. The minimum atomic E-state index is -6.73. The number of fused-ring (bicyclic) bond motifs is 8. The van der Waals surface area contributed by atoms with Gasteiger partial charge in [0, 0.05) is 11.0 Å². The van der Waals surface area contributed by atoms with Crippen molar-refractivity contribution in [2.75, 3.05) is 0 Å². The average molecular weight is 743 g/mol. The summed E-state index contributed by atoms with van der Waals surface area (Å²) in [6.45, 7) is 5.14. The first-order chi connectivity index (χ1) is 22.7. The Morgan fingerprint density at radius 3 is 1.24 bits per heavy atom. The van der Waals surface area contributed by atoms with Crippen molar-refractivity contribution in [3.63, 3.8) is 0 Å². The van der Waals surface area contributed by atoms with Gasteiger partial charge in [-0.15, -0.1) is 5.54 Å². The van der Waals surface area contributed by atoms with Gasteiger partial charge < -0.3 is 9.97 Å². The topological polar surface area (TPSA) is 57.4 Å². The second-order valence-corrected chi connectivity index (χ2v) is 16.9. The smallest absolute Gasteiger partial charge is 0.355 e. The molecule has 0 fully saturated rings. The first-order valence-corrected chi connectivity index (χ1v) is 17.5. The van der Waals surface area contributed by atoms with Gasteiger partial charge in [-0.05, 0) is 54.6 Å². The van der Waals surface area contributed by atoms with Gasteiger partial charge in [-0.3, -0.25) is 0 Å². The molecule has 0 amide bonds. The fourth-order valence-corrected chi connectivity index (χ4v) is 5.35. The highest BCUT2D eigenvalue weighted by atomic mass is 28.3. The molecule has 2 N–H and O–H groups in total. The molecule has 0 saturated carbocycles. The quantitative estimate of drug-likeness (QED) is 0.109. The molecule has 0 atom stereocenters. The molecule has 0 radical (unpaired) electrons. The maximum absolute atomic E-state index is 15.5. The second-order valence-electron chi connectivity index (χ2n) is 12.1. The second kappa shape index (κ2) is 11.5. The molecule has 3 aromatic heterocycles. The third kappa shape index (κ3) is 6.07. The van der Waals surface area contributed by atoms with E-state index in [0.717, 1.165) is 30.4 Å². The minimum absolute atomic E-state index is 0.327. The Kier molecular flexibility index (Phi) is 8.41. The Balaban J connectivity index is 2.02. The summed E-state index contributed by atoms with van der Waals surface area (Å²) in [5, 5.41) is 0. The van der Waals surface area contributed by atoms with E-state index in [2.05, 4.69) is 31.4 Å². The highest BCUT2D eigenvalue weighted by Gasteiger charge is 2.75. The van der Waals surface area contributed by atoms with Gasteiger partial charge >= 0.3 is 36.0 Å². The Hall–Kier alpha value is -4.60. The molecule has 19 heteroatoms. The van der Waals surface area contributed by atoms with E-state index in [1.807, 2.05) is 0 Å². The van der Waals surface area contributed by atoms with Crippen molar-refractivity contribution in [1.82, 2.24) is 19.9 Å². The van der Waals surface area contributed by atoms with Gasteiger partial charge in [0.2, 0.25) is 0 Å². The van der Waals surface area contributed by atoms with Crippen molar-refractivity contribution in [3.05, 3.63) is 69.8 Å². The Morgan fingerprint density at radius 1 is 0.540 bits per heavy atom. The Morgan fingerprint density at radius 2 is 0.900 bits per heavy atom. The standard InChI is InChI=1S/C31H20F14N4Si/c1-50(2,3)13-12-17-18-8-10-22(48-18)24(26(32,33)28(36,37)30(40,41)42)20-6-4-15(46-20)14-16-5-7-21(47-16)25(23-11-9-19(17)49-23)27(34,35)29(38,39)31(43,44)45/h4-11,14,46-47H,1-3H3. The van der Waals surface area contributed by atoms with Gasteiger partial charge in [0.25, 0.3) is 0 Å². The van der Waals surface area contributed by atoms with E-state index in [0.29, 0.717) is 24.3 Å².